The number of carbonyl (C=O) groups excluding carboxylic acids is 1. The minimum atomic E-state index is -4.51. The summed E-state index contributed by atoms with van der Waals surface area (Å²) in [5, 5.41) is 0. The molecule has 34 heavy (non-hydrogen) atoms. The lowest BCUT2D eigenvalue weighted by atomic mass is 9.97. The van der Waals surface area contributed by atoms with Crippen LogP contribution in [-0.4, -0.2) is 44.4 Å². The molecule has 3 aromatic rings. The van der Waals surface area contributed by atoms with Crippen LogP contribution in [-0.2, 0) is 6.18 Å². The summed E-state index contributed by atoms with van der Waals surface area (Å²) >= 11 is 0. The van der Waals surface area contributed by atoms with Crippen LogP contribution in [0.15, 0.2) is 48.9 Å². The number of hydrogen-bond donors (Lipinski definition) is 0. The number of hydrogen-bond acceptors (Lipinski definition) is 5. The SMILES string of the molecule is C[C@H]1[C@H](Oc2ccc(C(F)(F)F)cn2)CCCN1C(=O)c1cccc(F)c1-c1ncc(F)cn1. The molecule has 11 heteroatoms. The van der Waals surface area contributed by atoms with E-state index in [4.69, 9.17) is 4.74 Å². The minimum Gasteiger partial charge on any atom is -0.472 e. The van der Waals surface area contributed by atoms with Crippen LogP contribution in [0.2, 0.25) is 0 Å². The number of amides is 1. The maximum absolute atomic E-state index is 14.7. The van der Waals surface area contributed by atoms with E-state index in [0.29, 0.717) is 25.6 Å². The van der Waals surface area contributed by atoms with Gasteiger partial charge in [0.05, 0.1) is 35.1 Å². The molecule has 0 spiro atoms. The molecule has 2 aromatic heterocycles. The Kier molecular flexibility index (Phi) is 6.45. The van der Waals surface area contributed by atoms with E-state index in [9.17, 15) is 26.7 Å². The van der Waals surface area contributed by atoms with Crippen molar-refractivity contribution in [1.29, 1.82) is 0 Å². The van der Waals surface area contributed by atoms with Gasteiger partial charge in [0, 0.05) is 18.8 Å². The normalized spacial score (nSPS) is 18.6. The van der Waals surface area contributed by atoms with E-state index in [1.807, 2.05) is 0 Å². The quantitative estimate of drug-likeness (QED) is 0.499. The largest absolute Gasteiger partial charge is 0.472 e. The van der Waals surface area contributed by atoms with Crippen LogP contribution in [0.4, 0.5) is 22.0 Å². The van der Waals surface area contributed by atoms with Crippen LogP contribution < -0.4 is 4.74 Å². The molecule has 0 unspecified atom stereocenters. The molecule has 1 aliphatic heterocycles. The third-order valence-electron chi connectivity index (χ3n) is 5.60. The highest BCUT2D eigenvalue weighted by molar-refractivity contribution is 6.00. The van der Waals surface area contributed by atoms with Crippen molar-refractivity contribution >= 4 is 5.91 Å². The van der Waals surface area contributed by atoms with Crippen LogP contribution in [0.1, 0.15) is 35.7 Å². The van der Waals surface area contributed by atoms with E-state index in [1.165, 1.54) is 17.0 Å². The number of rotatable bonds is 4. The van der Waals surface area contributed by atoms with Crippen LogP contribution in [0.25, 0.3) is 11.4 Å². The predicted octanol–water partition coefficient (Wildman–Crippen LogP) is 4.91. The first-order chi connectivity index (χ1) is 16.1. The Labute approximate surface area is 191 Å². The molecular weight excluding hydrogens is 459 g/mol. The van der Waals surface area contributed by atoms with Crippen molar-refractivity contribution in [1.82, 2.24) is 19.9 Å². The van der Waals surface area contributed by atoms with Gasteiger partial charge >= 0.3 is 6.18 Å². The zero-order chi connectivity index (χ0) is 24.5. The maximum Gasteiger partial charge on any atom is 0.417 e. The summed E-state index contributed by atoms with van der Waals surface area (Å²) in [6, 6.07) is 5.48. The number of piperidine rings is 1. The monoisotopic (exact) mass is 478 g/mol. The Hall–Kier alpha value is -3.63. The molecule has 2 atom stereocenters. The highest BCUT2D eigenvalue weighted by Gasteiger charge is 2.35. The zero-order valence-corrected chi connectivity index (χ0v) is 17.9. The Bertz CT molecular complexity index is 1170. The summed E-state index contributed by atoms with van der Waals surface area (Å²) in [5.41, 5.74) is -1.03. The highest BCUT2D eigenvalue weighted by atomic mass is 19.4. The van der Waals surface area contributed by atoms with E-state index in [1.54, 1.807) is 6.92 Å². The Morgan fingerprint density at radius 2 is 1.79 bits per heavy atom. The van der Waals surface area contributed by atoms with Gasteiger partial charge in [0.1, 0.15) is 11.9 Å². The van der Waals surface area contributed by atoms with Crippen molar-refractivity contribution in [2.75, 3.05) is 6.54 Å². The van der Waals surface area contributed by atoms with Gasteiger partial charge < -0.3 is 9.64 Å². The molecule has 1 aromatic carbocycles. The number of likely N-dealkylation sites (tertiary alicyclic amines) is 1. The fourth-order valence-corrected chi connectivity index (χ4v) is 3.85. The second kappa shape index (κ2) is 9.32. The average molecular weight is 478 g/mol. The van der Waals surface area contributed by atoms with Crippen molar-refractivity contribution in [3.05, 3.63) is 71.7 Å². The van der Waals surface area contributed by atoms with Gasteiger partial charge in [-0.2, -0.15) is 13.2 Å². The van der Waals surface area contributed by atoms with Gasteiger partial charge in [-0.3, -0.25) is 4.79 Å². The van der Waals surface area contributed by atoms with Crippen LogP contribution in [0.3, 0.4) is 0 Å². The van der Waals surface area contributed by atoms with E-state index in [-0.39, 0.29) is 22.8 Å². The summed E-state index contributed by atoms with van der Waals surface area (Å²) in [5.74, 6) is -2.05. The van der Waals surface area contributed by atoms with Crippen LogP contribution >= 0.6 is 0 Å². The summed E-state index contributed by atoms with van der Waals surface area (Å²) in [7, 11) is 0. The lowest BCUT2D eigenvalue weighted by Gasteiger charge is -2.39. The number of halogens is 5. The molecule has 1 saturated heterocycles. The third kappa shape index (κ3) is 4.82. The summed E-state index contributed by atoms with van der Waals surface area (Å²) in [6.07, 6.45) is -1.50. The summed E-state index contributed by atoms with van der Waals surface area (Å²) in [4.78, 5) is 26.2. The first-order valence-corrected chi connectivity index (χ1v) is 10.4. The number of ether oxygens (including phenoxy) is 1. The number of nitrogens with zero attached hydrogens (tertiary/aromatic N) is 4. The average Bonchev–Trinajstić information content (AvgIpc) is 2.80. The second-order valence-electron chi connectivity index (χ2n) is 7.81. The Morgan fingerprint density at radius 3 is 2.44 bits per heavy atom. The second-order valence-corrected chi connectivity index (χ2v) is 7.81. The van der Waals surface area contributed by atoms with Gasteiger partial charge in [-0.05, 0) is 38.0 Å². The lowest BCUT2D eigenvalue weighted by molar-refractivity contribution is -0.137. The molecule has 1 amide bonds. The van der Waals surface area contributed by atoms with Crippen molar-refractivity contribution in [3.8, 4) is 17.3 Å². The van der Waals surface area contributed by atoms with Crippen LogP contribution in [0.5, 0.6) is 5.88 Å². The maximum atomic E-state index is 14.7. The smallest absolute Gasteiger partial charge is 0.417 e. The highest BCUT2D eigenvalue weighted by Crippen LogP contribution is 2.31. The fraction of sp³-hybridized carbons (Fsp3) is 0.304. The zero-order valence-electron chi connectivity index (χ0n) is 17.9. The van der Waals surface area contributed by atoms with Gasteiger partial charge in [-0.1, -0.05) is 6.07 Å². The number of pyridine rings is 1. The number of alkyl halides is 3. The van der Waals surface area contributed by atoms with Gasteiger partial charge in [0.25, 0.3) is 5.91 Å². The minimum absolute atomic E-state index is 0.00491. The molecule has 0 radical (unpaired) electrons. The number of benzene rings is 1. The molecule has 6 nitrogen and oxygen atoms in total. The topological polar surface area (TPSA) is 68.2 Å². The van der Waals surface area contributed by atoms with Crippen molar-refractivity contribution in [2.45, 2.75) is 38.1 Å². The summed E-state index contributed by atoms with van der Waals surface area (Å²) < 4.78 is 72.0. The van der Waals surface area contributed by atoms with Crippen LogP contribution in [0, 0.1) is 11.6 Å². The van der Waals surface area contributed by atoms with E-state index in [2.05, 4.69) is 15.0 Å². The van der Waals surface area contributed by atoms with E-state index < -0.39 is 41.4 Å². The number of aromatic nitrogens is 3. The Morgan fingerprint density at radius 1 is 1.06 bits per heavy atom. The van der Waals surface area contributed by atoms with Crippen molar-refractivity contribution in [2.24, 2.45) is 0 Å². The molecule has 178 valence electrons. The van der Waals surface area contributed by atoms with Gasteiger partial charge in [-0.15, -0.1) is 0 Å². The first kappa shape index (κ1) is 23.5. The molecular formula is C23H19F5N4O2. The summed E-state index contributed by atoms with van der Waals surface area (Å²) in [6.45, 7) is 2.10. The van der Waals surface area contributed by atoms with E-state index in [0.717, 1.165) is 30.6 Å². The molecule has 1 fully saturated rings. The molecule has 4 rings (SSSR count). The van der Waals surface area contributed by atoms with Gasteiger partial charge in [0.2, 0.25) is 5.88 Å². The van der Waals surface area contributed by atoms with E-state index >= 15 is 0 Å². The van der Waals surface area contributed by atoms with Gasteiger partial charge in [0.15, 0.2) is 11.6 Å². The molecule has 0 bridgehead atoms. The number of carbonyl (C=O) groups is 1. The fourth-order valence-electron chi connectivity index (χ4n) is 3.85. The molecule has 0 N–H and O–H groups in total. The molecule has 3 heterocycles. The molecule has 0 saturated carbocycles. The van der Waals surface area contributed by atoms with Crippen molar-refractivity contribution < 1.29 is 31.5 Å². The predicted molar refractivity (Wildman–Crippen MR) is 111 cm³/mol. The Balaban J connectivity index is 1.57. The van der Waals surface area contributed by atoms with Gasteiger partial charge in [-0.25, -0.2) is 23.7 Å². The third-order valence-corrected chi connectivity index (χ3v) is 5.60. The van der Waals surface area contributed by atoms with Crippen molar-refractivity contribution in [3.63, 3.8) is 0 Å². The molecule has 0 aliphatic carbocycles. The first-order valence-electron chi connectivity index (χ1n) is 10.4. The lowest BCUT2D eigenvalue weighted by Crippen LogP contribution is -2.51. The molecule has 1 aliphatic rings. The standard InChI is InChI=1S/C23H19F5N4O2/c1-13-18(34-19-8-7-14(10-29-19)23(26,27)28)6-3-9-32(13)22(33)16-4-2-5-17(25)20(16)21-30-11-15(24)12-31-21/h2,4-5,7-8,10-13,18H,3,6,9H2,1H3/t13-,18+/m0/s1.